The van der Waals surface area contributed by atoms with Crippen molar-refractivity contribution in [3.05, 3.63) is 12.2 Å². The predicted molar refractivity (Wildman–Crippen MR) is 141 cm³/mol. The molecule has 0 saturated carbocycles. The van der Waals surface area contributed by atoms with E-state index in [1.54, 1.807) is 0 Å². The van der Waals surface area contributed by atoms with Gasteiger partial charge < -0.3 is 13.9 Å². The van der Waals surface area contributed by atoms with E-state index in [1.807, 2.05) is 28.1 Å². The molecule has 0 fully saturated rings. The molecule has 0 radical (unpaired) electrons. The van der Waals surface area contributed by atoms with Crippen LogP contribution in [0, 0.1) is 0 Å². The van der Waals surface area contributed by atoms with Crippen LogP contribution in [0.25, 0.3) is 0 Å². The van der Waals surface area contributed by atoms with E-state index in [0.717, 1.165) is 32.1 Å². The first-order valence-corrected chi connectivity index (χ1v) is 15.3. The van der Waals surface area contributed by atoms with E-state index in [-0.39, 0.29) is 5.78 Å². The molecule has 0 amide bonds. The molecule has 0 rings (SSSR count). The summed E-state index contributed by atoms with van der Waals surface area (Å²) in [6.07, 6.45) is 27.0. The van der Waals surface area contributed by atoms with Crippen molar-refractivity contribution < 1.29 is 18.5 Å². The summed E-state index contributed by atoms with van der Waals surface area (Å²) in [6.45, 7) is 4.71. The highest BCUT2D eigenvalue weighted by Gasteiger charge is 2.41. The van der Waals surface area contributed by atoms with Crippen LogP contribution in [0.5, 0.6) is 0 Å². The first kappa shape index (κ1) is 31.9. The third kappa shape index (κ3) is 18.3. The highest BCUT2D eigenvalue weighted by atomic mass is 31.2. The average Bonchev–Trinajstić information content (AvgIpc) is 2.72. The first-order chi connectivity index (χ1) is 15.3. The maximum Gasteiger partial charge on any atom is 0.385 e. The number of unbranched alkanes of at least 4 members (excludes halogenated alkanes) is 14. The van der Waals surface area contributed by atoms with Crippen LogP contribution in [-0.2, 0) is 9.09 Å². The number of rotatable bonds is 23. The molecule has 4 nitrogen and oxygen atoms in total. The van der Waals surface area contributed by atoms with Gasteiger partial charge >= 0.3 is 7.60 Å². The summed E-state index contributed by atoms with van der Waals surface area (Å²) in [5.74, 6) is -0.342. The molecule has 0 spiro atoms. The molecule has 192 valence electrons. The van der Waals surface area contributed by atoms with E-state index in [0.29, 0.717) is 17.5 Å². The Labute approximate surface area is 201 Å². The maximum atomic E-state index is 12.6. The second-order valence-corrected chi connectivity index (χ2v) is 12.4. The van der Waals surface area contributed by atoms with Crippen molar-refractivity contribution in [3.63, 3.8) is 0 Å². The summed E-state index contributed by atoms with van der Waals surface area (Å²) in [5, 5.41) is 0. The molecule has 2 atom stereocenters. The first-order valence-electron chi connectivity index (χ1n) is 13.7. The van der Waals surface area contributed by atoms with Gasteiger partial charge in [0.1, 0.15) is 0 Å². The normalized spacial score (nSPS) is 15.3. The van der Waals surface area contributed by atoms with E-state index < -0.39 is 7.60 Å². The largest absolute Gasteiger partial charge is 0.385 e. The zero-order valence-corrected chi connectivity index (χ0v) is 23.2. The zero-order valence-electron chi connectivity index (χ0n) is 22.3. The predicted octanol–water partition coefficient (Wildman–Crippen LogP) is 8.84. The fraction of sp³-hybridized carbons (Fsp3) is 0.926. The molecular weight excluding hydrogens is 417 g/mol. The third-order valence-electron chi connectivity index (χ3n) is 6.25. The van der Waals surface area contributed by atoms with Crippen molar-refractivity contribution in [1.82, 2.24) is 0 Å². The lowest BCUT2D eigenvalue weighted by atomic mass is 10.1. The van der Waals surface area contributed by atoms with Gasteiger partial charge in [-0.05, 0) is 38.5 Å². The Morgan fingerprint density at radius 3 is 1.59 bits per heavy atom. The van der Waals surface area contributed by atoms with E-state index >= 15 is 0 Å². The highest BCUT2D eigenvalue weighted by Crippen LogP contribution is 2.51. The zero-order chi connectivity index (χ0) is 24.1. The molecule has 2 unspecified atom stereocenters. The van der Waals surface area contributed by atoms with Crippen molar-refractivity contribution >= 4 is 7.60 Å². The van der Waals surface area contributed by atoms with Gasteiger partial charge in [0.05, 0.1) is 27.7 Å². The van der Waals surface area contributed by atoms with E-state index in [9.17, 15) is 9.46 Å². The second-order valence-electron chi connectivity index (χ2n) is 10.4. The maximum absolute atomic E-state index is 12.6. The SMILES string of the molecule is CCCCCCCCCCCCC/C=C\CCCCCOP(=O)(O)C(CCC)[N+](C)(C)C. The van der Waals surface area contributed by atoms with Crippen LogP contribution >= 0.6 is 7.60 Å². The van der Waals surface area contributed by atoms with Gasteiger partial charge in [0.25, 0.3) is 0 Å². The number of hydrogen-bond acceptors (Lipinski definition) is 2. The van der Waals surface area contributed by atoms with Crippen LogP contribution in [0.1, 0.15) is 129 Å². The van der Waals surface area contributed by atoms with Gasteiger partial charge in [0.15, 0.2) is 5.78 Å². The Hall–Kier alpha value is -0.150. The molecule has 5 heteroatoms. The van der Waals surface area contributed by atoms with Crippen LogP contribution < -0.4 is 0 Å². The molecule has 0 aliphatic heterocycles. The van der Waals surface area contributed by atoms with Crippen molar-refractivity contribution in [2.24, 2.45) is 0 Å². The second kappa shape index (κ2) is 20.2. The minimum absolute atomic E-state index is 0.342. The lowest BCUT2D eigenvalue weighted by molar-refractivity contribution is -0.883. The van der Waals surface area contributed by atoms with Crippen LogP contribution in [0.15, 0.2) is 12.2 Å². The van der Waals surface area contributed by atoms with Crippen molar-refractivity contribution in [3.8, 4) is 0 Å². The smallest absolute Gasteiger partial charge is 0.320 e. The number of allylic oxidation sites excluding steroid dienone is 2. The van der Waals surface area contributed by atoms with Gasteiger partial charge in [-0.25, -0.2) is 0 Å². The van der Waals surface area contributed by atoms with E-state index in [2.05, 4.69) is 19.1 Å². The van der Waals surface area contributed by atoms with Crippen molar-refractivity contribution in [2.45, 2.75) is 135 Å². The number of nitrogens with zero attached hydrogens (tertiary/aromatic N) is 1. The van der Waals surface area contributed by atoms with Gasteiger partial charge in [-0.1, -0.05) is 96.6 Å². The Kier molecular flexibility index (Phi) is 20.1. The molecular formula is C27H57NO3P+. The number of hydrogen-bond donors (Lipinski definition) is 1. The molecule has 0 heterocycles. The summed E-state index contributed by atoms with van der Waals surface area (Å²) >= 11 is 0. The van der Waals surface area contributed by atoms with Gasteiger partial charge in [0.2, 0.25) is 0 Å². The summed E-state index contributed by atoms with van der Waals surface area (Å²) in [6, 6.07) is 0. The van der Waals surface area contributed by atoms with Gasteiger partial charge in [0, 0.05) is 6.42 Å². The Balaban J connectivity index is 3.57. The standard InChI is InChI=1S/C27H56NO3P/c1-6-8-9-10-11-12-13-14-15-16-17-18-19-20-21-22-23-24-26-31-32(29,30)27(25-7-2)28(3,4)5/h19-20,27H,6-18,21-26H2,1-5H3/p+1/b20-19-. The van der Waals surface area contributed by atoms with E-state index in [4.69, 9.17) is 4.52 Å². The molecule has 0 aromatic rings. The van der Waals surface area contributed by atoms with Crippen LogP contribution in [0.4, 0.5) is 0 Å². The Morgan fingerprint density at radius 2 is 1.16 bits per heavy atom. The summed E-state index contributed by atoms with van der Waals surface area (Å²) in [4.78, 5) is 10.4. The van der Waals surface area contributed by atoms with E-state index in [1.165, 1.54) is 77.0 Å². The van der Waals surface area contributed by atoms with Crippen LogP contribution in [-0.4, -0.2) is 42.9 Å². The van der Waals surface area contributed by atoms with Gasteiger partial charge in [-0.3, -0.25) is 4.57 Å². The molecule has 1 N–H and O–H groups in total. The lowest BCUT2D eigenvalue weighted by Gasteiger charge is -2.35. The fourth-order valence-electron chi connectivity index (χ4n) is 4.23. The monoisotopic (exact) mass is 474 g/mol. The Bertz CT molecular complexity index is 488. The Morgan fingerprint density at radius 1 is 0.719 bits per heavy atom. The summed E-state index contributed by atoms with van der Waals surface area (Å²) in [5.41, 5.74) is 0. The minimum atomic E-state index is -3.58. The van der Waals surface area contributed by atoms with Gasteiger partial charge in [-0.2, -0.15) is 0 Å². The van der Waals surface area contributed by atoms with Crippen LogP contribution in [0.3, 0.4) is 0 Å². The third-order valence-corrected chi connectivity index (χ3v) is 8.51. The fourth-order valence-corrected chi connectivity index (χ4v) is 6.25. The minimum Gasteiger partial charge on any atom is -0.320 e. The number of quaternary nitrogens is 1. The average molecular weight is 475 g/mol. The summed E-state index contributed by atoms with van der Waals surface area (Å²) in [7, 11) is 2.33. The van der Waals surface area contributed by atoms with Crippen LogP contribution in [0.2, 0.25) is 0 Å². The molecule has 0 bridgehead atoms. The molecule has 32 heavy (non-hydrogen) atoms. The topological polar surface area (TPSA) is 46.5 Å². The lowest BCUT2D eigenvalue weighted by Crippen LogP contribution is -2.45. The quantitative estimate of drug-likeness (QED) is 0.0696. The van der Waals surface area contributed by atoms with Crippen molar-refractivity contribution in [1.29, 1.82) is 0 Å². The van der Waals surface area contributed by atoms with Gasteiger partial charge in [-0.15, -0.1) is 0 Å². The molecule has 0 saturated heterocycles. The summed E-state index contributed by atoms with van der Waals surface area (Å²) < 4.78 is 18.6. The highest BCUT2D eigenvalue weighted by molar-refractivity contribution is 7.53. The molecule has 0 aliphatic carbocycles. The van der Waals surface area contributed by atoms with Crippen molar-refractivity contribution in [2.75, 3.05) is 27.7 Å². The molecule has 0 aliphatic rings. The molecule has 0 aromatic heterocycles. The molecule has 0 aromatic carbocycles.